The summed E-state index contributed by atoms with van der Waals surface area (Å²) in [5.41, 5.74) is 0. The molecule has 1 atom stereocenters. The van der Waals surface area contributed by atoms with Crippen LogP contribution in [0.15, 0.2) is 0 Å². The van der Waals surface area contributed by atoms with Crippen LogP contribution in [0.3, 0.4) is 0 Å². The van der Waals surface area contributed by atoms with E-state index in [1.165, 1.54) is 0 Å². The molecule has 0 aromatic rings. The van der Waals surface area contributed by atoms with Crippen LogP contribution in [0.5, 0.6) is 0 Å². The Bertz CT molecular complexity index is 204. The monoisotopic (exact) mass is 213 g/mol. The molecule has 0 saturated carbocycles. The van der Waals surface area contributed by atoms with E-state index >= 15 is 0 Å². The fourth-order valence-electron chi connectivity index (χ4n) is 2.22. The minimum Gasteiger partial charge on any atom is -0.466 e. The van der Waals surface area contributed by atoms with Crippen LogP contribution in [0, 0.1) is 11.8 Å². The van der Waals surface area contributed by atoms with Crippen LogP contribution in [0.2, 0.25) is 0 Å². The van der Waals surface area contributed by atoms with Crippen LogP contribution in [0.25, 0.3) is 0 Å². The quantitative estimate of drug-likeness (QED) is 0.653. The molecule has 0 spiro atoms. The predicted molar refractivity (Wildman–Crippen MR) is 60.6 cm³/mol. The highest BCUT2D eigenvalue weighted by molar-refractivity contribution is 5.69. The van der Waals surface area contributed by atoms with Gasteiger partial charge in [-0.15, -0.1) is 0 Å². The molecule has 1 fully saturated rings. The Balaban J connectivity index is 2.21. The normalized spacial score (nSPS) is 22.3. The van der Waals surface area contributed by atoms with Gasteiger partial charge in [0.05, 0.1) is 6.61 Å². The standard InChI is InChI=1S/C12H23NO2/c1-4-15-12(14)7-11-5-6-13(9-11)8-10(2)3/h10-11H,4-9H2,1-3H3. The van der Waals surface area contributed by atoms with Crippen molar-refractivity contribution in [2.45, 2.75) is 33.6 Å². The summed E-state index contributed by atoms with van der Waals surface area (Å²) in [6, 6.07) is 0. The maximum atomic E-state index is 11.3. The van der Waals surface area contributed by atoms with Crippen molar-refractivity contribution in [3.05, 3.63) is 0 Å². The number of ether oxygens (including phenoxy) is 1. The van der Waals surface area contributed by atoms with E-state index in [2.05, 4.69) is 18.7 Å². The first-order valence-corrected chi connectivity index (χ1v) is 5.99. The highest BCUT2D eigenvalue weighted by Gasteiger charge is 2.25. The molecule has 88 valence electrons. The zero-order valence-corrected chi connectivity index (χ0v) is 10.2. The molecule has 0 N–H and O–H groups in total. The highest BCUT2D eigenvalue weighted by atomic mass is 16.5. The second-order valence-electron chi connectivity index (χ2n) is 4.82. The fraction of sp³-hybridized carbons (Fsp3) is 0.917. The lowest BCUT2D eigenvalue weighted by Crippen LogP contribution is -2.25. The molecule has 1 aliphatic rings. The number of likely N-dealkylation sites (tertiary alicyclic amines) is 1. The van der Waals surface area contributed by atoms with E-state index in [9.17, 15) is 4.79 Å². The van der Waals surface area contributed by atoms with Gasteiger partial charge >= 0.3 is 5.97 Å². The van der Waals surface area contributed by atoms with Crippen molar-refractivity contribution in [3.63, 3.8) is 0 Å². The first-order valence-electron chi connectivity index (χ1n) is 5.99. The van der Waals surface area contributed by atoms with Crippen molar-refractivity contribution < 1.29 is 9.53 Å². The fourth-order valence-corrected chi connectivity index (χ4v) is 2.22. The zero-order chi connectivity index (χ0) is 11.3. The van der Waals surface area contributed by atoms with Gasteiger partial charge in [-0.3, -0.25) is 4.79 Å². The summed E-state index contributed by atoms with van der Waals surface area (Å²) in [5, 5.41) is 0. The summed E-state index contributed by atoms with van der Waals surface area (Å²) < 4.78 is 4.96. The predicted octanol–water partition coefficient (Wildman–Crippen LogP) is 1.92. The van der Waals surface area contributed by atoms with Crippen molar-refractivity contribution in [2.75, 3.05) is 26.2 Å². The minimum absolute atomic E-state index is 0.0334. The number of hydrogen-bond donors (Lipinski definition) is 0. The number of carbonyl (C=O) groups excluding carboxylic acids is 1. The van der Waals surface area contributed by atoms with Crippen molar-refractivity contribution in [1.29, 1.82) is 0 Å². The third-order valence-corrected chi connectivity index (χ3v) is 2.75. The van der Waals surface area contributed by atoms with Gasteiger partial charge in [0.15, 0.2) is 0 Å². The van der Waals surface area contributed by atoms with E-state index < -0.39 is 0 Å². The smallest absolute Gasteiger partial charge is 0.306 e. The van der Waals surface area contributed by atoms with Gasteiger partial charge in [0.25, 0.3) is 0 Å². The maximum absolute atomic E-state index is 11.3. The van der Waals surface area contributed by atoms with Crippen molar-refractivity contribution in [2.24, 2.45) is 11.8 Å². The number of esters is 1. The summed E-state index contributed by atoms with van der Waals surface area (Å²) in [5.74, 6) is 1.20. The van der Waals surface area contributed by atoms with Crippen molar-refractivity contribution in [3.8, 4) is 0 Å². The molecule has 0 aromatic heterocycles. The van der Waals surface area contributed by atoms with Gasteiger partial charge in [-0.25, -0.2) is 0 Å². The van der Waals surface area contributed by atoms with Crippen molar-refractivity contribution in [1.82, 2.24) is 4.90 Å². The second kappa shape index (κ2) is 6.11. The molecular formula is C12H23NO2. The molecular weight excluding hydrogens is 190 g/mol. The molecule has 1 aliphatic heterocycles. The Labute approximate surface area is 92.8 Å². The average Bonchev–Trinajstić information content (AvgIpc) is 2.51. The van der Waals surface area contributed by atoms with E-state index in [0.717, 1.165) is 26.1 Å². The Morgan fingerprint density at radius 2 is 2.27 bits per heavy atom. The number of hydrogen-bond acceptors (Lipinski definition) is 3. The van der Waals surface area contributed by atoms with Gasteiger partial charge in [0.1, 0.15) is 0 Å². The number of carbonyl (C=O) groups is 1. The summed E-state index contributed by atoms with van der Waals surface area (Å²) in [6.07, 6.45) is 1.74. The molecule has 1 heterocycles. The first-order chi connectivity index (χ1) is 7.11. The maximum Gasteiger partial charge on any atom is 0.306 e. The molecule has 1 saturated heterocycles. The molecule has 1 unspecified atom stereocenters. The van der Waals surface area contributed by atoms with Gasteiger partial charge < -0.3 is 9.64 Å². The van der Waals surface area contributed by atoms with Gasteiger partial charge in [-0.2, -0.15) is 0 Å². The van der Waals surface area contributed by atoms with Crippen LogP contribution < -0.4 is 0 Å². The lowest BCUT2D eigenvalue weighted by Gasteiger charge is -2.17. The van der Waals surface area contributed by atoms with Crippen LogP contribution in [0.4, 0.5) is 0 Å². The summed E-state index contributed by atoms with van der Waals surface area (Å²) in [4.78, 5) is 13.7. The van der Waals surface area contributed by atoms with Crippen LogP contribution >= 0.6 is 0 Å². The first kappa shape index (κ1) is 12.5. The lowest BCUT2D eigenvalue weighted by molar-refractivity contribution is -0.144. The molecule has 3 nitrogen and oxygen atoms in total. The van der Waals surface area contributed by atoms with Gasteiger partial charge in [-0.05, 0) is 31.7 Å². The number of nitrogens with zero attached hydrogens (tertiary/aromatic N) is 1. The highest BCUT2D eigenvalue weighted by Crippen LogP contribution is 2.20. The Hall–Kier alpha value is -0.570. The van der Waals surface area contributed by atoms with Gasteiger partial charge in [0.2, 0.25) is 0 Å². The Morgan fingerprint density at radius 3 is 2.87 bits per heavy atom. The minimum atomic E-state index is -0.0334. The van der Waals surface area contributed by atoms with E-state index in [4.69, 9.17) is 4.74 Å². The van der Waals surface area contributed by atoms with Gasteiger partial charge in [-0.1, -0.05) is 13.8 Å². The largest absolute Gasteiger partial charge is 0.466 e. The zero-order valence-electron chi connectivity index (χ0n) is 10.2. The molecule has 15 heavy (non-hydrogen) atoms. The molecule has 0 radical (unpaired) electrons. The topological polar surface area (TPSA) is 29.5 Å². The average molecular weight is 213 g/mol. The van der Waals surface area contributed by atoms with Crippen LogP contribution in [-0.4, -0.2) is 37.1 Å². The van der Waals surface area contributed by atoms with E-state index in [0.29, 0.717) is 24.9 Å². The van der Waals surface area contributed by atoms with E-state index in [1.807, 2.05) is 6.92 Å². The molecule has 0 amide bonds. The lowest BCUT2D eigenvalue weighted by atomic mass is 10.1. The summed E-state index contributed by atoms with van der Waals surface area (Å²) >= 11 is 0. The summed E-state index contributed by atoms with van der Waals surface area (Å²) in [6.45, 7) is 10.2. The summed E-state index contributed by atoms with van der Waals surface area (Å²) in [7, 11) is 0. The third-order valence-electron chi connectivity index (χ3n) is 2.75. The molecule has 0 aliphatic carbocycles. The molecule has 3 heteroatoms. The van der Waals surface area contributed by atoms with Gasteiger partial charge in [0, 0.05) is 19.5 Å². The molecule has 0 bridgehead atoms. The van der Waals surface area contributed by atoms with E-state index in [-0.39, 0.29) is 5.97 Å². The SMILES string of the molecule is CCOC(=O)CC1CCN(CC(C)C)C1. The Morgan fingerprint density at radius 1 is 1.53 bits per heavy atom. The molecule has 1 rings (SSSR count). The van der Waals surface area contributed by atoms with Crippen LogP contribution in [0.1, 0.15) is 33.6 Å². The van der Waals surface area contributed by atoms with Crippen molar-refractivity contribution >= 4 is 5.97 Å². The van der Waals surface area contributed by atoms with E-state index in [1.54, 1.807) is 0 Å². The Kier molecular flexibility index (Phi) is 5.09. The third kappa shape index (κ3) is 4.65. The van der Waals surface area contributed by atoms with Crippen LogP contribution in [-0.2, 0) is 9.53 Å². The molecule has 0 aromatic carbocycles. The second-order valence-corrected chi connectivity index (χ2v) is 4.82. The number of rotatable bonds is 5.